The molecule has 2 saturated heterocycles. The normalized spacial score (nSPS) is 28.8. The minimum absolute atomic E-state index is 0.131. The molecule has 0 radical (unpaired) electrons. The van der Waals surface area contributed by atoms with Crippen LogP contribution in [0.4, 0.5) is 0 Å². The van der Waals surface area contributed by atoms with E-state index in [1.807, 2.05) is 0 Å². The molecule has 2 heterocycles. The monoisotopic (exact) mass is 650 g/mol. The molecule has 13 heteroatoms. The lowest BCUT2D eigenvalue weighted by Crippen LogP contribution is -2.64. The number of ether oxygens (including phenoxy) is 7. The molecule has 9 atom stereocenters. The van der Waals surface area contributed by atoms with Gasteiger partial charge in [-0.15, -0.1) is 0 Å². The lowest BCUT2D eigenvalue weighted by atomic mass is 9.97. The van der Waals surface area contributed by atoms with Gasteiger partial charge in [-0.3, -0.25) is 4.79 Å². The number of aliphatic hydroxyl groups is 2. The Kier molecular flexibility index (Phi) is 11.0. The lowest BCUT2D eigenvalue weighted by molar-refractivity contribution is -0.346. The SMILES string of the molecule is CC(=O)O[C@H]1CO[C@@H](O)[C@H](O[C@@H]2O[C@@H](C)[C@H](OC(=O)c3ccccc3)[C@@H](OC(=O)c3ccccc3)[C@H]2OC(=O)c2ccccc2)[C@H]1O. The Morgan fingerprint density at radius 1 is 0.638 bits per heavy atom. The highest BCUT2D eigenvalue weighted by Gasteiger charge is 2.54. The zero-order valence-electron chi connectivity index (χ0n) is 25.4. The third kappa shape index (κ3) is 8.20. The molecule has 3 aromatic rings. The molecule has 0 aromatic heterocycles. The summed E-state index contributed by atoms with van der Waals surface area (Å²) in [6, 6.07) is 24.0. The van der Waals surface area contributed by atoms with Crippen molar-refractivity contribution in [1.29, 1.82) is 0 Å². The van der Waals surface area contributed by atoms with Gasteiger partial charge in [0.2, 0.25) is 0 Å². The second kappa shape index (κ2) is 15.3. The predicted octanol–water partition coefficient (Wildman–Crippen LogP) is 2.43. The maximum atomic E-state index is 13.4. The van der Waals surface area contributed by atoms with Gasteiger partial charge in [-0.05, 0) is 43.3 Å². The largest absolute Gasteiger partial charge is 0.457 e. The smallest absolute Gasteiger partial charge is 0.338 e. The number of carbonyl (C=O) groups excluding carboxylic acids is 4. The van der Waals surface area contributed by atoms with Crippen molar-refractivity contribution in [1.82, 2.24) is 0 Å². The fourth-order valence-corrected chi connectivity index (χ4v) is 5.19. The summed E-state index contributed by atoms with van der Waals surface area (Å²) in [6.45, 7) is 2.33. The van der Waals surface area contributed by atoms with Crippen molar-refractivity contribution in [2.45, 2.75) is 69.2 Å². The number of esters is 4. The molecule has 0 bridgehead atoms. The Balaban J connectivity index is 1.51. The zero-order chi connectivity index (χ0) is 33.5. The summed E-state index contributed by atoms with van der Waals surface area (Å²) < 4.78 is 40.1. The molecule has 248 valence electrons. The third-order valence-electron chi connectivity index (χ3n) is 7.52. The first kappa shape index (κ1) is 33.7. The van der Waals surface area contributed by atoms with Crippen LogP contribution in [0, 0.1) is 0 Å². The average Bonchev–Trinajstić information content (AvgIpc) is 3.08. The van der Waals surface area contributed by atoms with E-state index in [1.54, 1.807) is 54.6 Å². The van der Waals surface area contributed by atoms with Crippen molar-refractivity contribution in [3.8, 4) is 0 Å². The minimum atomic E-state index is -1.72. The zero-order valence-corrected chi connectivity index (χ0v) is 25.4. The van der Waals surface area contributed by atoms with Crippen LogP contribution in [0.15, 0.2) is 91.0 Å². The highest BCUT2D eigenvalue weighted by atomic mass is 16.8. The van der Waals surface area contributed by atoms with E-state index in [0.717, 1.165) is 6.92 Å². The van der Waals surface area contributed by atoms with Gasteiger partial charge in [0, 0.05) is 6.92 Å². The molecular formula is C34H34O13. The van der Waals surface area contributed by atoms with Crippen molar-refractivity contribution in [3.63, 3.8) is 0 Å². The summed E-state index contributed by atoms with van der Waals surface area (Å²) in [5.74, 6) is -3.17. The van der Waals surface area contributed by atoms with Crippen LogP contribution >= 0.6 is 0 Å². The highest BCUT2D eigenvalue weighted by Crippen LogP contribution is 2.33. The van der Waals surface area contributed by atoms with Crippen molar-refractivity contribution < 1.29 is 62.5 Å². The fraction of sp³-hybridized carbons (Fsp3) is 0.353. The molecule has 5 rings (SSSR count). The summed E-state index contributed by atoms with van der Waals surface area (Å²) in [7, 11) is 0. The average molecular weight is 651 g/mol. The number of benzene rings is 3. The maximum Gasteiger partial charge on any atom is 0.338 e. The molecule has 2 fully saturated rings. The summed E-state index contributed by atoms with van der Waals surface area (Å²) in [5, 5.41) is 21.6. The Labute approximate surface area is 269 Å². The Morgan fingerprint density at radius 2 is 1.09 bits per heavy atom. The number of hydrogen-bond acceptors (Lipinski definition) is 13. The number of rotatable bonds is 9. The predicted molar refractivity (Wildman–Crippen MR) is 160 cm³/mol. The highest BCUT2D eigenvalue weighted by molar-refractivity contribution is 5.91. The van der Waals surface area contributed by atoms with E-state index in [0.29, 0.717) is 0 Å². The van der Waals surface area contributed by atoms with Gasteiger partial charge >= 0.3 is 23.9 Å². The molecule has 2 N–H and O–H groups in total. The van der Waals surface area contributed by atoms with E-state index in [9.17, 15) is 29.4 Å². The van der Waals surface area contributed by atoms with E-state index >= 15 is 0 Å². The third-order valence-corrected chi connectivity index (χ3v) is 7.52. The molecule has 2 aliphatic heterocycles. The van der Waals surface area contributed by atoms with Crippen LogP contribution in [-0.2, 0) is 38.0 Å². The van der Waals surface area contributed by atoms with Gasteiger partial charge in [0.05, 0.1) is 29.4 Å². The second-order valence-corrected chi connectivity index (χ2v) is 10.9. The molecule has 3 aromatic carbocycles. The van der Waals surface area contributed by atoms with Crippen LogP contribution in [0.2, 0.25) is 0 Å². The standard InChI is InChI=1S/C34H34O13/c1-19-26(44-30(37)21-12-6-3-7-13-21)28(45-31(38)22-14-8-4-9-15-22)29(46-32(39)23-16-10-5-11-17-23)34(42-19)47-27-25(36)24(43-20(2)35)18-41-33(27)40/h3-17,19,24-29,33-34,36,40H,18H2,1-2H3/t19-,24-,25-,26-,27+,28+,29+,33+,34-/m0/s1. The topological polar surface area (TPSA) is 173 Å². The molecule has 0 unspecified atom stereocenters. The summed E-state index contributed by atoms with van der Waals surface area (Å²) >= 11 is 0. The Hall–Kier alpha value is -4.66. The number of aliphatic hydroxyl groups excluding tert-OH is 2. The first-order chi connectivity index (χ1) is 22.6. The van der Waals surface area contributed by atoms with Crippen LogP contribution in [-0.4, -0.2) is 96.0 Å². The van der Waals surface area contributed by atoms with Gasteiger partial charge in [0.15, 0.2) is 37.0 Å². The van der Waals surface area contributed by atoms with Crippen molar-refractivity contribution >= 4 is 23.9 Å². The molecule has 2 aliphatic rings. The van der Waals surface area contributed by atoms with E-state index in [4.69, 9.17) is 33.2 Å². The molecular weight excluding hydrogens is 616 g/mol. The minimum Gasteiger partial charge on any atom is -0.457 e. The van der Waals surface area contributed by atoms with Crippen LogP contribution in [0.25, 0.3) is 0 Å². The van der Waals surface area contributed by atoms with Gasteiger partial charge in [-0.2, -0.15) is 0 Å². The number of hydrogen-bond donors (Lipinski definition) is 2. The maximum absolute atomic E-state index is 13.4. The van der Waals surface area contributed by atoms with Gasteiger partial charge in [-0.25, -0.2) is 14.4 Å². The van der Waals surface area contributed by atoms with E-state index in [1.165, 1.54) is 43.3 Å². The first-order valence-electron chi connectivity index (χ1n) is 14.9. The van der Waals surface area contributed by atoms with Crippen molar-refractivity contribution in [2.24, 2.45) is 0 Å². The molecule has 47 heavy (non-hydrogen) atoms. The fourth-order valence-electron chi connectivity index (χ4n) is 5.19. The van der Waals surface area contributed by atoms with Gasteiger partial charge < -0.3 is 43.4 Å². The van der Waals surface area contributed by atoms with Gasteiger partial charge in [0.25, 0.3) is 0 Å². The molecule has 13 nitrogen and oxygen atoms in total. The molecule has 0 aliphatic carbocycles. The second-order valence-electron chi connectivity index (χ2n) is 10.9. The van der Waals surface area contributed by atoms with Crippen LogP contribution in [0.1, 0.15) is 44.9 Å². The van der Waals surface area contributed by atoms with Crippen LogP contribution < -0.4 is 0 Å². The summed E-state index contributed by atoms with van der Waals surface area (Å²) in [4.78, 5) is 51.7. The summed E-state index contributed by atoms with van der Waals surface area (Å²) in [6.07, 6.45) is -13.3. The Bertz CT molecular complexity index is 1520. The van der Waals surface area contributed by atoms with Crippen LogP contribution in [0.5, 0.6) is 0 Å². The van der Waals surface area contributed by atoms with Crippen molar-refractivity contribution in [2.75, 3.05) is 6.61 Å². The van der Waals surface area contributed by atoms with E-state index < -0.39 is 79.2 Å². The molecule has 0 amide bonds. The number of carbonyl (C=O) groups is 4. The van der Waals surface area contributed by atoms with Crippen LogP contribution in [0.3, 0.4) is 0 Å². The van der Waals surface area contributed by atoms with Gasteiger partial charge in [0.1, 0.15) is 12.2 Å². The lowest BCUT2D eigenvalue weighted by Gasteiger charge is -2.46. The van der Waals surface area contributed by atoms with E-state index in [-0.39, 0.29) is 23.3 Å². The summed E-state index contributed by atoms with van der Waals surface area (Å²) in [5.41, 5.74) is 0.485. The quantitative estimate of drug-likeness (QED) is 0.256. The van der Waals surface area contributed by atoms with Gasteiger partial charge in [-0.1, -0.05) is 54.6 Å². The molecule has 0 spiro atoms. The van der Waals surface area contributed by atoms with E-state index in [2.05, 4.69) is 0 Å². The first-order valence-corrected chi connectivity index (χ1v) is 14.9. The Morgan fingerprint density at radius 3 is 1.55 bits per heavy atom. The van der Waals surface area contributed by atoms with Crippen molar-refractivity contribution in [3.05, 3.63) is 108 Å². The molecule has 0 saturated carbocycles.